The second kappa shape index (κ2) is 6.34. The lowest BCUT2D eigenvalue weighted by Crippen LogP contribution is -2.08. The summed E-state index contributed by atoms with van der Waals surface area (Å²) in [7, 11) is 0. The van der Waals surface area contributed by atoms with Gasteiger partial charge in [-0.15, -0.1) is 0 Å². The molecule has 1 aliphatic rings. The molecule has 1 aromatic heterocycles. The summed E-state index contributed by atoms with van der Waals surface area (Å²) in [6.07, 6.45) is 0.551. The number of hydrogen-bond acceptors (Lipinski definition) is 6. The molecular weight excluding hydrogens is 282 g/mol. The number of carbonyl (C=O) groups is 1. The third-order valence-corrected chi connectivity index (χ3v) is 3.33. The number of benzene rings is 1. The minimum atomic E-state index is -0.0962. The highest BCUT2D eigenvalue weighted by Crippen LogP contribution is 2.28. The normalized spacial score (nSPS) is 16.8. The minimum Gasteiger partial charge on any atom is -0.461 e. The topological polar surface area (TPSA) is 73.7 Å². The molecule has 112 valence electrons. The molecule has 0 saturated heterocycles. The quantitative estimate of drug-likeness (QED) is 0.792. The van der Waals surface area contributed by atoms with E-state index < -0.39 is 0 Å². The molecule has 2 heterocycles. The van der Waals surface area contributed by atoms with Gasteiger partial charge >= 0.3 is 0 Å². The van der Waals surface area contributed by atoms with Crippen molar-refractivity contribution in [3.63, 3.8) is 0 Å². The van der Waals surface area contributed by atoms with Gasteiger partial charge in [0.15, 0.2) is 6.10 Å². The first-order chi connectivity index (χ1) is 10.8. The van der Waals surface area contributed by atoms with Crippen molar-refractivity contribution in [1.82, 2.24) is 9.97 Å². The van der Waals surface area contributed by atoms with Gasteiger partial charge in [0.05, 0.1) is 11.4 Å². The fourth-order valence-corrected chi connectivity index (χ4v) is 2.35. The molecule has 22 heavy (non-hydrogen) atoms. The standard InChI is InChI=1S/C16H15N3O3/c1-11-17-13(9-21-10-20)7-14(18-11)15-8-16(22-19-15)12-5-3-2-4-6-12/h2-7,10,16H,8-9H2,1H3. The van der Waals surface area contributed by atoms with Crippen LogP contribution in [0.2, 0.25) is 0 Å². The predicted molar refractivity (Wildman–Crippen MR) is 79.0 cm³/mol. The molecule has 2 aromatic rings. The molecule has 3 rings (SSSR count). The predicted octanol–water partition coefficient (Wildman–Crippen LogP) is 2.32. The van der Waals surface area contributed by atoms with Crippen LogP contribution in [-0.4, -0.2) is 22.2 Å². The van der Waals surface area contributed by atoms with Gasteiger partial charge in [0.1, 0.15) is 18.1 Å². The van der Waals surface area contributed by atoms with Crippen molar-refractivity contribution in [1.29, 1.82) is 0 Å². The fourth-order valence-electron chi connectivity index (χ4n) is 2.35. The summed E-state index contributed by atoms with van der Waals surface area (Å²) in [4.78, 5) is 24.4. The Morgan fingerprint density at radius 2 is 2.14 bits per heavy atom. The van der Waals surface area contributed by atoms with Gasteiger partial charge in [0.25, 0.3) is 6.47 Å². The molecule has 0 spiro atoms. The fraction of sp³-hybridized carbons (Fsp3) is 0.250. The van der Waals surface area contributed by atoms with E-state index in [1.165, 1.54) is 0 Å². The molecule has 1 aromatic carbocycles. The van der Waals surface area contributed by atoms with E-state index in [-0.39, 0.29) is 12.7 Å². The van der Waals surface area contributed by atoms with Gasteiger partial charge in [-0.2, -0.15) is 0 Å². The van der Waals surface area contributed by atoms with Crippen molar-refractivity contribution in [2.75, 3.05) is 0 Å². The van der Waals surface area contributed by atoms with Gasteiger partial charge in [-0.25, -0.2) is 9.97 Å². The first-order valence-corrected chi connectivity index (χ1v) is 6.94. The van der Waals surface area contributed by atoms with E-state index in [2.05, 4.69) is 15.1 Å². The largest absolute Gasteiger partial charge is 0.461 e. The minimum absolute atomic E-state index is 0.0962. The average Bonchev–Trinajstić information content (AvgIpc) is 3.03. The molecule has 0 amide bonds. The van der Waals surface area contributed by atoms with Crippen LogP contribution < -0.4 is 0 Å². The third kappa shape index (κ3) is 3.11. The van der Waals surface area contributed by atoms with E-state index in [9.17, 15) is 4.79 Å². The van der Waals surface area contributed by atoms with Crippen LogP contribution in [0.1, 0.15) is 35.3 Å². The Balaban J connectivity index is 1.78. The summed E-state index contributed by atoms with van der Waals surface area (Å²) in [6, 6.07) is 11.7. The van der Waals surface area contributed by atoms with E-state index in [0.29, 0.717) is 30.1 Å². The summed E-state index contributed by atoms with van der Waals surface area (Å²) in [5.41, 5.74) is 3.19. The van der Waals surface area contributed by atoms with Crippen LogP contribution in [0.5, 0.6) is 0 Å². The van der Waals surface area contributed by atoms with E-state index >= 15 is 0 Å². The number of hydrogen-bond donors (Lipinski definition) is 0. The zero-order chi connectivity index (χ0) is 15.4. The third-order valence-electron chi connectivity index (χ3n) is 3.33. The Kier molecular flexibility index (Phi) is 4.09. The summed E-state index contributed by atoms with van der Waals surface area (Å²) in [5, 5.41) is 4.14. The van der Waals surface area contributed by atoms with Gasteiger partial charge in [-0.1, -0.05) is 35.5 Å². The summed E-state index contributed by atoms with van der Waals surface area (Å²) < 4.78 is 4.74. The lowest BCUT2D eigenvalue weighted by molar-refractivity contribution is -0.129. The zero-order valence-corrected chi connectivity index (χ0v) is 12.1. The van der Waals surface area contributed by atoms with Crippen LogP contribution in [0.4, 0.5) is 0 Å². The van der Waals surface area contributed by atoms with Crippen molar-refractivity contribution in [3.05, 3.63) is 59.2 Å². The smallest absolute Gasteiger partial charge is 0.293 e. The molecule has 0 radical (unpaired) electrons. The van der Waals surface area contributed by atoms with Crippen LogP contribution in [0.15, 0.2) is 41.6 Å². The molecule has 1 atom stereocenters. The highest BCUT2D eigenvalue weighted by atomic mass is 16.6. The lowest BCUT2D eigenvalue weighted by atomic mass is 10.0. The first-order valence-electron chi connectivity index (χ1n) is 6.94. The number of ether oxygens (including phenoxy) is 1. The van der Waals surface area contributed by atoms with Gasteiger partial charge in [-0.3, -0.25) is 4.79 Å². The van der Waals surface area contributed by atoms with Crippen LogP contribution in [0.3, 0.4) is 0 Å². The summed E-state index contributed by atoms with van der Waals surface area (Å²) >= 11 is 0. The molecular formula is C16H15N3O3. The van der Waals surface area contributed by atoms with E-state index in [1.807, 2.05) is 30.3 Å². The summed E-state index contributed by atoms with van der Waals surface area (Å²) in [5.74, 6) is 0.605. The Hall–Kier alpha value is -2.76. The molecule has 1 aliphatic heterocycles. The molecule has 6 heteroatoms. The van der Waals surface area contributed by atoms with E-state index in [4.69, 9.17) is 9.57 Å². The number of aryl methyl sites for hydroxylation is 1. The van der Waals surface area contributed by atoms with Crippen LogP contribution in [-0.2, 0) is 21.0 Å². The number of nitrogens with zero attached hydrogens (tertiary/aromatic N) is 3. The van der Waals surface area contributed by atoms with Gasteiger partial charge in [-0.05, 0) is 18.6 Å². The molecule has 6 nitrogen and oxygen atoms in total. The highest BCUT2D eigenvalue weighted by molar-refractivity contribution is 5.99. The van der Waals surface area contributed by atoms with E-state index in [0.717, 1.165) is 11.3 Å². The Morgan fingerprint density at radius 1 is 1.32 bits per heavy atom. The Bertz CT molecular complexity index is 701. The second-order valence-corrected chi connectivity index (χ2v) is 4.95. The maximum atomic E-state index is 10.3. The van der Waals surface area contributed by atoms with Gasteiger partial charge in [0, 0.05) is 6.42 Å². The lowest BCUT2D eigenvalue weighted by Gasteiger charge is -2.07. The average molecular weight is 297 g/mol. The van der Waals surface area contributed by atoms with Crippen molar-refractivity contribution >= 4 is 12.2 Å². The molecule has 0 fully saturated rings. The van der Waals surface area contributed by atoms with Crippen molar-refractivity contribution < 1.29 is 14.4 Å². The van der Waals surface area contributed by atoms with Crippen LogP contribution in [0.25, 0.3) is 0 Å². The van der Waals surface area contributed by atoms with Crippen LogP contribution >= 0.6 is 0 Å². The molecule has 1 unspecified atom stereocenters. The SMILES string of the molecule is Cc1nc(COC=O)cc(C2=NOC(c3ccccc3)C2)n1. The number of carbonyl (C=O) groups excluding carboxylic acids is 1. The maximum Gasteiger partial charge on any atom is 0.293 e. The highest BCUT2D eigenvalue weighted by Gasteiger charge is 2.25. The summed E-state index contributed by atoms with van der Waals surface area (Å²) in [6.45, 7) is 2.31. The molecule has 0 aliphatic carbocycles. The van der Waals surface area contributed by atoms with Crippen molar-refractivity contribution in [3.8, 4) is 0 Å². The van der Waals surface area contributed by atoms with Crippen molar-refractivity contribution in [2.45, 2.75) is 26.1 Å². The van der Waals surface area contributed by atoms with Crippen molar-refractivity contribution in [2.24, 2.45) is 5.16 Å². The zero-order valence-electron chi connectivity index (χ0n) is 12.1. The molecule has 0 N–H and O–H groups in total. The number of rotatable bonds is 5. The Morgan fingerprint density at radius 3 is 2.91 bits per heavy atom. The number of aromatic nitrogens is 2. The second-order valence-electron chi connectivity index (χ2n) is 4.95. The van der Waals surface area contributed by atoms with Gasteiger partial charge < -0.3 is 9.57 Å². The van der Waals surface area contributed by atoms with Gasteiger partial charge in [0.2, 0.25) is 0 Å². The van der Waals surface area contributed by atoms with E-state index in [1.54, 1.807) is 13.0 Å². The van der Waals surface area contributed by atoms with Crippen LogP contribution in [0, 0.1) is 6.92 Å². The molecule has 0 saturated carbocycles. The Labute approximate surface area is 127 Å². The monoisotopic (exact) mass is 297 g/mol. The first kappa shape index (κ1) is 14.2. The molecule has 0 bridgehead atoms. The maximum absolute atomic E-state index is 10.3. The number of oxime groups is 1.